The van der Waals surface area contributed by atoms with Crippen LogP contribution in [0.2, 0.25) is 0 Å². The smallest absolute Gasteiger partial charge is 0.438 e. The van der Waals surface area contributed by atoms with Crippen LogP contribution in [0.5, 0.6) is 11.5 Å². The number of phenolic OH excluding ortho intramolecular Hbond substituents is 2. The molecule has 1 aliphatic heterocycles. The first kappa shape index (κ1) is 19.0. The van der Waals surface area contributed by atoms with Gasteiger partial charge in [-0.3, -0.25) is 9.51 Å². The third-order valence-corrected chi connectivity index (χ3v) is 6.24. The lowest BCUT2D eigenvalue weighted by Crippen LogP contribution is -2.45. The van der Waals surface area contributed by atoms with Crippen LogP contribution in [0, 0.1) is 5.82 Å². The summed E-state index contributed by atoms with van der Waals surface area (Å²) >= 11 is 0. The van der Waals surface area contributed by atoms with Gasteiger partial charge < -0.3 is 15.1 Å². The SMILES string of the molecule is O=c1[nH]c(CN2CN(Cc3ccc(O)c(O)c3)S(=O)(=O)c3cc(F)ccc32)no1. The van der Waals surface area contributed by atoms with E-state index in [-0.39, 0.29) is 47.7 Å². The molecule has 29 heavy (non-hydrogen) atoms. The maximum absolute atomic E-state index is 13.8. The Morgan fingerprint density at radius 2 is 1.93 bits per heavy atom. The summed E-state index contributed by atoms with van der Waals surface area (Å²) in [4.78, 5) is 14.9. The third-order valence-electron chi connectivity index (χ3n) is 4.43. The number of sulfonamides is 1. The summed E-state index contributed by atoms with van der Waals surface area (Å²) in [5.74, 6) is -2.02. The highest BCUT2D eigenvalue weighted by Gasteiger charge is 2.36. The highest BCUT2D eigenvalue weighted by atomic mass is 32.2. The molecule has 12 heteroatoms. The van der Waals surface area contributed by atoms with Crippen molar-refractivity contribution in [3.05, 3.63) is 64.2 Å². The fourth-order valence-corrected chi connectivity index (χ4v) is 4.70. The Morgan fingerprint density at radius 3 is 2.62 bits per heavy atom. The van der Waals surface area contributed by atoms with Crippen molar-refractivity contribution in [1.29, 1.82) is 0 Å². The molecule has 3 aromatic rings. The van der Waals surface area contributed by atoms with Crippen molar-refractivity contribution in [2.24, 2.45) is 0 Å². The standard InChI is InChI=1S/C17H15FN4O6S/c18-11-2-3-12-15(6-11)29(26,27)22(7-10-1-4-13(23)14(24)5-10)9-21(12)8-16-19-17(25)28-20-16/h1-6,23-24H,7-9H2,(H,19,20,25). The van der Waals surface area contributed by atoms with Crippen molar-refractivity contribution >= 4 is 15.7 Å². The number of hydrogen-bond acceptors (Lipinski definition) is 8. The minimum atomic E-state index is -4.05. The van der Waals surface area contributed by atoms with Crippen LogP contribution in [0.4, 0.5) is 10.1 Å². The molecule has 0 fully saturated rings. The summed E-state index contributed by atoms with van der Waals surface area (Å²) in [7, 11) is -4.05. The van der Waals surface area contributed by atoms with Gasteiger partial charge in [0.05, 0.1) is 18.9 Å². The second-order valence-corrected chi connectivity index (χ2v) is 8.34. The molecule has 4 rings (SSSR count). The molecule has 3 N–H and O–H groups in total. The van der Waals surface area contributed by atoms with Crippen LogP contribution in [0.3, 0.4) is 0 Å². The zero-order chi connectivity index (χ0) is 20.8. The van der Waals surface area contributed by atoms with E-state index < -0.39 is 21.6 Å². The molecular formula is C17H15FN4O6S. The number of nitrogens with one attached hydrogen (secondary N) is 1. The van der Waals surface area contributed by atoms with E-state index in [4.69, 9.17) is 0 Å². The van der Waals surface area contributed by atoms with Crippen molar-refractivity contribution in [2.75, 3.05) is 11.6 Å². The first-order valence-electron chi connectivity index (χ1n) is 8.34. The van der Waals surface area contributed by atoms with Gasteiger partial charge in [0, 0.05) is 6.54 Å². The molecule has 1 aromatic heterocycles. The van der Waals surface area contributed by atoms with Gasteiger partial charge in [0.25, 0.3) is 0 Å². The Kier molecular flexibility index (Phi) is 4.51. The van der Waals surface area contributed by atoms with Crippen LogP contribution >= 0.6 is 0 Å². The van der Waals surface area contributed by atoms with Gasteiger partial charge in [-0.15, -0.1) is 0 Å². The average Bonchev–Trinajstić information content (AvgIpc) is 3.07. The Balaban J connectivity index is 1.74. The van der Waals surface area contributed by atoms with E-state index in [1.165, 1.54) is 24.3 Å². The molecule has 10 nitrogen and oxygen atoms in total. The molecule has 0 atom stereocenters. The number of aromatic hydroxyl groups is 2. The molecule has 0 amide bonds. The number of hydrogen-bond donors (Lipinski definition) is 3. The van der Waals surface area contributed by atoms with Gasteiger partial charge >= 0.3 is 5.76 Å². The lowest BCUT2D eigenvalue weighted by atomic mass is 10.2. The van der Waals surface area contributed by atoms with Crippen molar-refractivity contribution in [3.8, 4) is 11.5 Å². The molecule has 2 heterocycles. The quantitative estimate of drug-likeness (QED) is 0.531. The zero-order valence-corrected chi connectivity index (χ0v) is 15.6. The lowest BCUT2D eigenvalue weighted by molar-refractivity contribution is 0.370. The Bertz CT molecular complexity index is 1240. The van der Waals surface area contributed by atoms with Crippen LogP contribution in [0.25, 0.3) is 0 Å². The van der Waals surface area contributed by atoms with Crippen LogP contribution in [0.1, 0.15) is 11.4 Å². The van der Waals surface area contributed by atoms with Gasteiger partial charge in [-0.25, -0.2) is 17.6 Å². The van der Waals surface area contributed by atoms with Crippen LogP contribution in [-0.2, 0) is 23.1 Å². The normalized spacial score (nSPS) is 16.0. The van der Waals surface area contributed by atoms with E-state index in [2.05, 4.69) is 14.7 Å². The summed E-state index contributed by atoms with van der Waals surface area (Å²) in [6.07, 6.45) is 0. The van der Waals surface area contributed by atoms with E-state index in [0.717, 1.165) is 16.4 Å². The Labute approximate surface area is 163 Å². The minimum Gasteiger partial charge on any atom is -0.504 e. The lowest BCUT2D eigenvalue weighted by Gasteiger charge is -2.37. The molecule has 152 valence electrons. The summed E-state index contributed by atoms with van der Waals surface area (Å²) < 4.78 is 45.4. The van der Waals surface area contributed by atoms with E-state index in [9.17, 15) is 27.8 Å². The number of phenols is 2. The fourth-order valence-electron chi connectivity index (χ4n) is 3.09. The number of fused-ring (bicyclic) bond motifs is 1. The van der Waals surface area contributed by atoms with Gasteiger partial charge in [0.15, 0.2) is 17.3 Å². The first-order chi connectivity index (χ1) is 13.7. The number of aromatic nitrogens is 2. The highest BCUT2D eigenvalue weighted by Crippen LogP contribution is 2.36. The minimum absolute atomic E-state index is 0.0111. The molecule has 0 radical (unpaired) electrons. The maximum atomic E-state index is 13.8. The van der Waals surface area contributed by atoms with Gasteiger partial charge in [-0.1, -0.05) is 11.2 Å². The van der Waals surface area contributed by atoms with Gasteiger partial charge in [-0.2, -0.15) is 4.31 Å². The Morgan fingerprint density at radius 1 is 1.14 bits per heavy atom. The van der Waals surface area contributed by atoms with Gasteiger partial charge in [0.1, 0.15) is 10.7 Å². The fraction of sp³-hybridized carbons (Fsp3) is 0.176. The topological polar surface area (TPSA) is 140 Å². The number of H-pyrrole nitrogens is 1. The number of anilines is 1. The van der Waals surface area contributed by atoms with Gasteiger partial charge in [0.2, 0.25) is 10.0 Å². The van der Waals surface area contributed by atoms with E-state index in [0.29, 0.717) is 5.56 Å². The third kappa shape index (κ3) is 3.54. The highest BCUT2D eigenvalue weighted by molar-refractivity contribution is 7.89. The molecule has 2 aromatic carbocycles. The number of rotatable bonds is 4. The number of nitrogens with zero attached hydrogens (tertiary/aromatic N) is 3. The van der Waals surface area contributed by atoms with E-state index >= 15 is 0 Å². The maximum Gasteiger partial charge on any atom is 0.438 e. The molecule has 1 aliphatic rings. The summed E-state index contributed by atoms with van der Waals surface area (Å²) in [5.41, 5.74) is 0.665. The van der Waals surface area contributed by atoms with Crippen molar-refractivity contribution in [3.63, 3.8) is 0 Å². The van der Waals surface area contributed by atoms with E-state index in [1.54, 1.807) is 4.90 Å². The number of halogens is 1. The molecule has 0 bridgehead atoms. The Hall–Kier alpha value is -3.38. The van der Waals surface area contributed by atoms with Crippen molar-refractivity contribution < 1.29 is 27.5 Å². The van der Waals surface area contributed by atoms with Crippen molar-refractivity contribution in [2.45, 2.75) is 18.0 Å². The zero-order valence-electron chi connectivity index (χ0n) is 14.7. The van der Waals surface area contributed by atoms with E-state index in [1.807, 2.05) is 0 Å². The number of aromatic amines is 1. The molecule has 0 spiro atoms. The number of benzene rings is 2. The summed E-state index contributed by atoms with van der Waals surface area (Å²) in [6, 6.07) is 7.34. The second kappa shape index (κ2) is 6.90. The van der Waals surface area contributed by atoms with Crippen LogP contribution in [0.15, 0.2) is 50.6 Å². The predicted molar refractivity (Wildman–Crippen MR) is 97.1 cm³/mol. The van der Waals surface area contributed by atoms with Crippen LogP contribution < -0.4 is 10.7 Å². The van der Waals surface area contributed by atoms with Crippen molar-refractivity contribution in [1.82, 2.24) is 14.4 Å². The molecule has 0 saturated heterocycles. The molecule has 0 saturated carbocycles. The largest absolute Gasteiger partial charge is 0.504 e. The summed E-state index contributed by atoms with van der Waals surface area (Å²) in [6.45, 7) is -0.257. The first-order valence-corrected chi connectivity index (χ1v) is 9.78. The second-order valence-electron chi connectivity index (χ2n) is 6.43. The molecular weight excluding hydrogens is 407 g/mol. The molecule has 0 aliphatic carbocycles. The van der Waals surface area contributed by atoms with Gasteiger partial charge in [-0.05, 0) is 35.9 Å². The monoisotopic (exact) mass is 422 g/mol. The average molecular weight is 422 g/mol. The predicted octanol–water partition coefficient (Wildman–Crippen LogP) is 1.08. The van der Waals surface area contributed by atoms with Crippen LogP contribution in [-0.4, -0.2) is 39.7 Å². The molecule has 0 unspecified atom stereocenters. The summed E-state index contributed by atoms with van der Waals surface area (Å²) in [5, 5.41) is 22.7.